The lowest BCUT2D eigenvalue weighted by atomic mass is 10.0. The van der Waals surface area contributed by atoms with E-state index in [9.17, 15) is 27.5 Å². The fourth-order valence-corrected chi connectivity index (χ4v) is 4.81. The molecule has 0 amide bonds. The lowest BCUT2D eigenvalue weighted by Gasteiger charge is -2.31. The quantitative estimate of drug-likeness (QED) is 0.298. The number of esters is 1. The first-order valence-corrected chi connectivity index (χ1v) is 13.8. The van der Waals surface area contributed by atoms with Crippen molar-refractivity contribution in [3.63, 3.8) is 0 Å². The Balaban J connectivity index is 1.59. The van der Waals surface area contributed by atoms with Crippen LogP contribution in [0.25, 0.3) is 22.3 Å². The Morgan fingerprint density at radius 2 is 1.77 bits per heavy atom. The van der Waals surface area contributed by atoms with Gasteiger partial charge in [0, 0.05) is 37.9 Å². The van der Waals surface area contributed by atoms with Gasteiger partial charge in [-0.25, -0.2) is 22.4 Å². The van der Waals surface area contributed by atoms with E-state index in [0.29, 0.717) is 16.9 Å². The number of cyclic esters (lactones) is 1. The van der Waals surface area contributed by atoms with E-state index in [2.05, 4.69) is 0 Å². The number of carbonyl (C=O) groups is 2. The molecule has 2 heterocycles. The summed E-state index contributed by atoms with van der Waals surface area (Å²) in [6.07, 6.45) is 1.01. The van der Waals surface area contributed by atoms with E-state index < -0.39 is 33.6 Å². The zero-order valence-corrected chi connectivity index (χ0v) is 22.7. The van der Waals surface area contributed by atoms with Crippen LogP contribution < -0.4 is 13.8 Å². The van der Waals surface area contributed by atoms with Gasteiger partial charge in [-0.05, 0) is 48.0 Å². The topological polar surface area (TPSA) is 133 Å². The van der Waals surface area contributed by atoms with Gasteiger partial charge in [0.05, 0.1) is 11.9 Å². The molecule has 1 N–H and O–H groups in total. The second-order valence-corrected chi connectivity index (χ2v) is 11.7. The van der Waals surface area contributed by atoms with E-state index in [4.69, 9.17) is 18.6 Å². The molecular formula is C28H24FNO9S. The summed E-state index contributed by atoms with van der Waals surface area (Å²) in [7, 11) is -2.44. The summed E-state index contributed by atoms with van der Waals surface area (Å²) < 4.78 is 62.1. The number of hydrogen-bond acceptors (Lipinski definition) is 8. The predicted octanol–water partition coefficient (Wildman–Crippen LogP) is 5.20. The molecule has 0 unspecified atom stereocenters. The number of carbonyl (C=O) groups excluding carboxylic acids is 1. The van der Waals surface area contributed by atoms with Crippen molar-refractivity contribution >= 4 is 38.6 Å². The minimum absolute atomic E-state index is 0.0243. The van der Waals surface area contributed by atoms with Crippen molar-refractivity contribution in [2.45, 2.75) is 26.2 Å². The Morgan fingerprint density at radius 3 is 2.42 bits per heavy atom. The highest BCUT2D eigenvalue weighted by molar-refractivity contribution is 7.92. The molecule has 0 atom stereocenters. The summed E-state index contributed by atoms with van der Waals surface area (Å²) >= 11 is 0. The first kappa shape index (κ1) is 27.0. The van der Waals surface area contributed by atoms with Crippen molar-refractivity contribution in [1.82, 2.24) is 0 Å². The second-order valence-electron chi connectivity index (χ2n) is 9.68. The normalized spacial score (nSPS) is 14.3. The first-order chi connectivity index (χ1) is 18.7. The zero-order chi connectivity index (χ0) is 29.0. The maximum atomic E-state index is 13.5. The van der Waals surface area contributed by atoms with Crippen molar-refractivity contribution in [3.05, 3.63) is 77.1 Å². The molecule has 1 aromatic heterocycles. The van der Waals surface area contributed by atoms with Crippen molar-refractivity contribution in [3.8, 4) is 22.8 Å². The Morgan fingerprint density at radius 1 is 1.07 bits per heavy atom. The van der Waals surface area contributed by atoms with Crippen LogP contribution in [0.2, 0.25) is 0 Å². The molecule has 5 rings (SSSR count). The lowest BCUT2D eigenvalue weighted by molar-refractivity contribution is -0.127. The molecule has 3 aromatic carbocycles. The van der Waals surface area contributed by atoms with Crippen LogP contribution in [-0.2, 0) is 21.4 Å². The second kappa shape index (κ2) is 9.56. The number of benzene rings is 3. The van der Waals surface area contributed by atoms with E-state index in [1.165, 1.54) is 43.4 Å². The summed E-state index contributed by atoms with van der Waals surface area (Å²) in [5, 5.41) is 10.2. The van der Waals surface area contributed by atoms with Gasteiger partial charge in [0.2, 0.25) is 15.8 Å². The zero-order valence-electron chi connectivity index (χ0n) is 21.8. The van der Waals surface area contributed by atoms with Gasteiger partial charge in [0.1, 0.15) is 46.4 Å². The van der Waals surface area contributed by atoms with Gasteiger partial charge in [-0.3, -0.25) is 4.31 Å². The van der Waals surface area contributed by atoms with Gasteiger partial charge < -0.3 is 23.7 Å². The number of nitrogens with zero attached hydrogens (tertiary/aromatic N) is 1. The smallest absolute Gasteiger partial charge is 0.345 e. The summed E-state index contributed by atoms with van der Waals surface area (Å²) in [5.74, 6) is -3.11. The number of aromatic carboxylic acids is 1. The van der Waals surface area contributed by atoms with Crippen molar-refractivity contribution in [1.29, 1.82) is 0 Å². The van der Waals surface area contributed by atoms with Crippen molar-refractivity contribution in [2.24, 2.45) is 0 Å². The van der Waals surface area contributed by atoms with Crippen LogP contribution in [0.15, 0.2) is 59.0 Å². The number of rotatable bonds is 7. The molecule has 10 nitrogen and oxygen atoms in total. The van der Waals surface area contributed by atoms with Gasteiger partial charge in [-0.15, -0.1) is 0 Å². The molecule has 1 aliphatic heterocycles. The molecular weight excluding hydrogens is 545 g/mol. The van der Waals surface area contributed by atoms with E-state index in [0.717, 1.165) is 10.6 Å². The molecule has 40 heavy (non-hydrogen) atoms. The largest absolute Gasteiger partial charge is 0.487 e. The molecule has 1 aliphatic rings. The predicted molar refractivity (Wildman–Crippen MR) is 143 cm³/mol. The molecule has 12 heteroatoms. The highest BCUT2D eigenvalue weighted by Crippen LogP contribution is 2.41. The fourth-order valence-electron chi connectivity index (χ4n) is 4.31. The number of ether oxygens (including phenoxy) is 3. The van der Waals surface area contributed by atoms with E-state index in [-0.39, 0.29) is 45.9 Å². The first-order valence-electron chi connectivity index (χ1n) is 12.0. The van der Waals surface area contributed by atoms with Crippen molar-refractivity contribution < 1.29 is 46.1 Å². The van der Waals surface area contributed by atoms with Crippen LogP contribution in [0, 0.1) is 5.82 Å². The summed E-state index contributed by atoms with van der Waals surface area (Å²) in [6, 6.07) is 12.7. The summed E-state index contributed by atoms with van der Waals surface area (Å²) in [4.78, 5) is 24.7. The Hall–Kier alpha value is -4.58. The van der Waals surface area contributed by atoms with E-state index in [1.54, 1.807) is 32.0 Å². The molecule has 0 aliphatic carbocycles. The molecule has 0 bridgehead atoms. The Bertz CT molecular complexity index is 1780. The van der Waals surface area contributed by atoms with Gasteiger partial charge in [-0.1, -0.05) is 6.07 Å². The molecule has 0 saturated carbocycles. The molecule has 208 valence electrons. The minimum Gasteiger partial charge on any atom is -0.487 e. The van der Waals surface area contributed by atoms with Crippen molar-refractivity contribution in [2.75, 3.05) is 17.6 Å². The summed E-state index contributed by atoms with van der Waals surface area (Å²) in [5.41, 5.74) is 1.05. The Labute approximate surface area is 228 Å². The van der Waals surface area contributed by atoms with Gasteiger partial charge >= 0.3 is 11.9 Å². The van der Waals surface area contributed by atoms with Crippen LogP contribution >= 0.6 is 0 Å². The standard InChI is InChI=1S/C28H24FNO9S/c1-28(2)38-21-10-5-15(11-19(21)27(33)39-28)14-36-23-12-18-22(13-20(23)30(3)40(4,34)35)37-25(24(18)26(31)32)16-6-8-17(29)9-7-16/h5-13H,14H2,1-4H3,(H,31,32). The van der Waals surface area contributed by atoms with Crippen LogP contribution in [0.4, 0.5) is 10.1 Å². The number of carboxylic acid groups (broad SMARTS) is 1. The average molecular weight is 570 g/mol. The van der Waals surface area contributed by atoms with Crippen LogP contribution in [0.3, 0.4) is 0 Å². The number of fused-ring (bicyclic) bond motifs is 2. The number of anilines is 1. The average Bonchev–Trinajstić information content (AvgIpc) is 3.24. The SMILES string of the molecule is CN(c1cc2oc(-c3ccc(F)cc3)c(C(=O)O)c2cc1OCc1ccc2c(c1)C(=O)OC(C)(C)O2)S(C)(=O)=O. The van der Waals surface area contributed by atoms with Gasteiger partial charge in [0.25, 0.3) is 0 Å². The van der Waals surface area contributed by atoms with Gasteiger partial charge in [-0.2, -0.15) is 0 Å². The number of hydrogen-bond donors (Lipinski definition) is 1. The number of carboxylic acids is 1. The number of halogens is 1. The van der Waals surface area contributed by atoms with Crippen LogP contribution in [-0.4, -0.2) is 44.6 Å². The number of sulfonamides is 1. The molecule has 0 fully saturated rings. The monoisotopic (exact) mass is 569 g/mol. The molecule has 0 radical (unpaired) electrons. The Kier molecular flexibility index (Phi) is 6.45. The van der Waals surface area contributed by atoms with Crippen LogP contribution in [0.5, 0.6) is 11.5 Å². The molecule has 4 aromatic rings. The third-order valence-electron chi connectivity index (χ3n) is 6.28. The fraction of sp³-hybridized carbons (Fsp3) is 0.214. The lowest BCUT2D eigenvalue weighted by Crippen LogP contribution is -2.38. The highest BCUT2D eigenvalue weighted by Gasteiger charge is 2.34. The maximum Gasteiger partial charge on any atom is 0.345 e. The molecule has 0 saturated heterocycles. The molecule has 0 spiro atoms. The summed E-state index contributed by atoms with van der Waals surface area (Å²) in [6.45, 7) is 3.12. The van der Waals surface area contributed by atoms with Crippen LogP contribution in [0.1, 0.15) is 40.1 Å². The minimum atomic E-state index is -3.76. The van der Waals surface area contributed by atoms with E-state index in [1.807, 2.05) is 0 Å². The maximum absolute atomic E-state index is 13.5. The van der Waals surface area contributed by atoms with Gasteiger partial charge in [0.15, 0.2) is 0 Å². The third kappa shape index (κ3) is 5.05. The van der Waals surface area contributed by atoms with E-state index >= 15 is 0 Å². The number of furan rings is 1. The highest BCUT2D eigenvalue weighted by atomic mass is 32.2. The third-order valence-corrected chi connectivity index (χ3v) is 7.47.